The van der Waals surface area contributed by atoms with Crippen LogP contribution >= 0.6 is 7.60 Å². The standard InChI is InChI=1S/C13H15O3P.2K/c1-2-13(17(14,15)16)12-8-7-10-5-3-4-6-11(10)9-12;;/h3-9,13H,2H2,1H3,(H2,14,15,16);;/q;2*+1/p-2. The van der Waals surface area contributed by atoms with Crippen LogP contribution in [-0.2, 0) is 4.57 Å². The van der Waals surface area contributed by atoms with Gasteiger partial charge in [0.25, 0.3) is 0 Å². The molecule has 0 fully saturated rings. The SMILES string of the molecule is CCC(c1ccc2ccccc2c1)P(=O)([O-])[O-].[K+].[K+]. The zero-order chi connectivity index (χ0) is 12.5. The van der Waals surface area contributed by atoms with E-state index in [1.807, 2.05) is 30.3 Å². The van der Waals surface area contributed by atoms with Gasteiger partial charge in [-0.25, -0.2) is 0 Å². The van der Waals surface area contributed by atoms with Crippen LogP contribution in [0.25, 0.3) is 10.8 Å². The Morgan fingerprint density at radius 2 is 1.63 bits per heavy atom. The molecular weight excluding hydrogens is 313 g/mol. The van der Waals surface area contributed by atoms with Crippen molar-refractivity contribution in [1.82, 2.24) is 0 Å². The van der Waals surface area contributed by atoms with Crippen molar-refractivity contribution in [3.05, 3.63) is 48.0 Å². The van der Waals surface area contributed by atoms with Crippen LogP contribution in [0, 0.1) is 0 Å². The Bertz CT molecular complexity index is 583. The molecule has 0 heterocycles. The van der Waals surface area contributed by atoms with Gasteiger partial charge in [-0.1, -0.05) is 57.0 Å². The molecule has 0 amide bonds. The normalized spacial score (nSPS) is 12.4. The van der Waals surface area contributed by atoms with Gasteiger partial charge in [-0.15, -0.1) is 0 Å². The Hall–Kier alpha value is 2.12. The summed E-state index contributed by atoms with van der Waals surface area (Å²) in [6.45, 7) is 1.71. The summed E-state index contributed by atoms with van der Waals surface area (Å²) < 4.78 is 11.2. The van der Waals surface area contributed by atoms with Gasteiger partial charge >= 0.3 is 103 Å². The maximum atomic E-state index is 11.2. The summed E-state index contributed by atoms with van der Waals surface area (Å²) in [7, 11) is -4.58. The molecule has 3 nitrogen and oxygen atoms in total. The maximum Gasteiger partial charge on any atom is 1.00 e. The second kappa shape index (κ2) is 9.30. The first-order valence-corrected chi connectivity index (χ1v) is 7.14. The van der Waals surface area contributed by atoms with Gasteiger partial charge in [0, 0.05) is 5.66 Å². The molecule has 0 radical (unpaired) electrons. The van der Waals surface area contributed by atoms with Gasteiger partial charge in [0.1, 0.15) is 0 Å². The van der Waals surface area contributed by atoms with Gasteiger partial charge in [0.15, 0.2) is 0 Å². The quantitative estimate of drug-likeness (QED) is 0.429. The molecule has 6 heteroatoms. The molecular formula is C13H13K2O3P. The molecule has 19 heavy (non-hydrogen) atoms. The Labute approximate surface area is 198 Å². The third-order valence-corrected chi connectivity index (χ3v) is 4.35. The third-order valence-electron chi connectivity index (χ3n) is 2.93. The minimum atomic E-state index is -4.58. The molecule has 2 aromatic carbocycles. The number of hydrogen-bond acceptors (Lipinski definition) is 3. The Morgan fingerprint density at radius 1 is 1.05 bits per heavy atom. The average molecular weight is 326 g/mol. The van der Waals surface area contributed by atoms with E-state index in [1.165, 1.54) is 0 Å². The minimum absolute atomic E-state index is 0. The molecule has 1 atom stereocenters. The van der Waals surface area contributed by atoms with E-state index in [-0.39, 0.29) is 103 Å². The summed E-state index contributed by atoms with van der Waals surface area (Å²) in [5.74, 6) is 0. The number of hydrogen-bond donors (Lipinski definition) is 0. The summed E-state index contributed by atoms with van der Waals surface area (Å²) in [5.41, 5.74) is -0.341. The summed E-state index contributed by atoms with van der Waals surface area (Å²) in [5, 5.41) is 2.00. The third kappa shape index (κ3) is 5.68. The van der Waals surface area contributed by atoms with Gasteiger partial charge in [0.2, 0.25) is 0 Å². The summed E-state index contributed by atoms with van der Waals surface area (Å²) in [6.07, 6.45) is 0.308. The fraction of sp³-hybridized carbons (Fsp3) is 0.231. The van der Waals surface area contributed by atoms with E-state index in [1.54, 1.807) is 19.1 Å². The monoisotopic (exact) mass is 326 g/mol. The predicted molar refractivity (Wildman–Crippen MR) is 64.6 cm³/mol. The van der Waals surface area contributed by atoms with Crippen molar-refractivity contribution in [2.75, 3.05) is 0 Å². The van der Waals surface area contributed by atoms with Crippen LogP contribution in [0.15, 0.2) is 42.5 Å². The van der Waals surface area contributed by atoms with Crippen molar-refractivity contribution in [3.8, 4) is 0 Å². The van der Waals surface area contributed by atoms with Crippen molar-refractivity contribution in [2.45, 2.75) is 19.0 Å². The second-order valence-corrected chi connectivity index (χ2v) is 5.77. The van der Waals surface area contributed by atoms with Crippen LogP contribution in [0.4, 0.5) is 0 Å². The Balaban J connectivity index is 0.00000162. The van der Waals surface area contributed by atoms with Gasteiger partial charge in [-0.3, -0.25) is 0 Å². The van der Waals surface area contributed by atoms with Crippen LogP contribution in [-0.4, -0.2) is 0 Å². The van der Waals surface area contributed by atoms with E-state index in [0.717, 1.165) is 10.8 Å². The number of rotatable bonds is 3. The Morgan fingerprint density at radius 3 is 2.16 bits per heavy atom. The van der Waals surface area contributed by atoms with Crippen LogP contribution in [0.1, 0.15) is 24.6 Å². The van der Waals surface area contributed by atoms with Gasteiger partial charge in [-0.05, 0) is 22.8 Å². The molecule has 0 aliphatic carbocycles. The summed E-state index contributed by atoms with van der Waals surface area (Å²) in [6, 6.07) is 13.0. The summed E-state index contributed by atoms with van der Waals surface area (Å²) >= 11 is 0. The number of fused-ring (bicyclic) bond motifs is 1. The predicted octanol–water partition coefficient (Wildman–Crippen LogP) is -3.79. The second-order valence-electron chi connectivity index (χ2n) is 4.07. The molecule has 0 N–H and O–H groups in total. The maximum absolute atomic E-state index is 11.2. The van der Waals surface area contributed by atoms with Crippen LogP contribution in [0.5, 0.6) is 0 Å². The molecule has 0 bridgehead atoms. The first-order valence-electron chi connectivity index (χ1n) is 5.53. The molecule has 0 saturated heterocycles. The van der Waals surface area contributed by atoms with E-state index in [2.05, 4.69) is 0 Å². The number of benzene rings is 2. The van der Waals surface area contributed by atoms with Crippen molar-refractivity contribution in [2.24, 2.45) is 0 Å². The van der Waals surface area contributed by atoms with E-state index < -0.39 is 13.3 Å². The van der Waals surface area contributed by atoms with Crippen molar-refractivity contribution < 1.29 is 117 Å². The first kappa shape index (κ1) is 21.1. The van der Waals surface area contributed by atoms with Crippen LogP contribution in [0.3, 0.4) is 0 Å². The van der Waals surface area contributed by atoms with Crippen molar-refractivity contribution in [1.29, 1.82) is 0 Å². The smallest absolute Gasteiger partial charge is 0.810 e. The molecule has 2 rings (SSSR count). The van der Waals surface area contributed by atoms with Gasteiger partial charge in [-0.2, -0.15) is 0 Å². The molecule has 1 unspecified atom stereocenters. The fourth-order valence-electron chi connectivity index (χ4n) is 2.06. The van der Waals surface area contributed by atoms with E-state index in [9.17, 15) is 14.4 Å². The molecule has 0 saturated carbocycles. The Kier molecular flexibility index (Phi) is 10.3. The van der Waals surface area contributed by atoms with E-state index >= 15 is 0 Å². The first-order chi connectivity index (χ1) is 8.02. The van der Waals surface area contributed by atoms with Crippen LogP contribution < -0.4 is 113 Å². The molecule has 0 aliphatic heterocycles. The zero-order valence-electron chi connectivity index (χ0n) is 11.5. The van der Waals surface area contributed by atoms with Gasteiger partial charge in [0.05, 0.1) is 0 Å². The van der Waals surface area contributed by atoms with Crippen LogP contribution in [0.2, 0.25) is 0 Å². The largest absolute Gasteiger partial charge is 1.00 e. The fourth-order valence-corrected chi connectivity index (χ4v) is 3.03. The van der Waals surface area contributed by atoms with Crippen molar-refractivity contribution in [3.63, 3.8) is 0 Å². The average Bonchev–Trinajstić information content (AvgIpc) is 2.28. The molecule has 2 aromatic rings. The molecule has 0 aliphatic rings. The zero-order valence-corrected chi connectivity index (χ0v) is 18.6. The molecule has 0 aromatic heterocycles. The molecule has 90 valence electrons. The van der Waals surface area contributed by atoms with Gasteiger partial charge < -0.3 is 14.4 Å². The van der Waals surface area contributed by atoms with Crippen molar-refractivity contribution >= 4 is 18.4 Å². The minimum Gasteiger partial charge on any atom is -0.810 e. The summed E-state index contributed by atoms with van der Waals surface area (Å²) in [4.78, 5) is 22.3. The van der Waals surface area contributed by atoms with E-state index in [4.69, 9.17) is 0 Å². The van der Waals surface area contributed by atoms with E-state index in [0.29, 0.717) is 12.0 Å². The topological polar surface area (TPSA) is 63.2 Å². The molecule has 0 spiro atoms.